The highest BCUT2D eigenvalue weighted by Crippen LogP contribution is 2.14. The third-order valence-electron chi connectivity index (χ3n) is 3.85. The first kappa shape index (κ1) is 17.7. The summed E-state index contributed by atoms with van der Waals surface area (Å²) in [5.41, 5.74) is 1.22. The molecule has 0 saturated carbocycles. The van der Waals surface area contributed by atoms with Gasteiger partial charge in [0, 0.05) is 37.5 Å². The van der Waals surface area contributed by atoms with Crippen molar-refractivity contribution in [2.75, 3.05) is 7.05 Å². The molecule has 3 rings (SSSR count). The number of ether oxygens (including phenoxy) is 1. The quantitative estimate of drug-likeness (QED) is 0.651. The fraction of sp³-hybridized carbons (Fsp3) is 0.316. The van der Waals surface area contributed by atoms with Gasteiger partial charge in [0.1, 0.15) is 12.4 Å². The van der Waals surface area contributed by atoms with E-state index in [1.165, 1.54) is 0 Å². The predicted octanol–water partition coefficient (Wildman–Crippen LogP) is 3.30. The highest BCUT2D eigenvalue weighted by Gasteiger charge is 2.18. The van der Waals surface area contributed by atoms with Gasteiger partial charge in [-0.2, -0.15) is 5.10 Å². The fourth-order valence-electron chi connectivity index (χ4n) is 2.44. The van der Waals surface area contributed by atoms with Gasteiger partial charge in [0.05, 0.1) is 6.20 Å². The lowest BCUT2D eigenvalue weighted by Gasteiger charge is -2.14. The number of amides is 1. The highest BCUT2D eigenvalue weighted by atomic mass is 16.5. The van der Waals surface area contributed by atoms with Crippen LogP contribution in [0.1, 0.15) is 41.7 Å². The first-order valence-corrected chi connectivity index (χ1v) is 8.45. The molecule has 7 heteroatoms. The van der Waals surface area contributed by atoms with Crippen LogP contribution >= 0.6 is 0 Å². The van der Waals surface area contributed by atoms with Crippen LogP contribution in [0.15, 0.2) is 53.3 Å². The van der Waals surface area contributed by atoms with E-state index < -0.39 is 0 Å². The van der Waals surface area contributed by atoms with Crippen LogP contribution in [0.4, 0.5) is 0 Å². The standard InChI is InChI=1S/C19H22N4O3/c1-14(2)23-12-15(10-20-23)11-22(3)19(24)18-9-17(26-21-18)13-25-16-7-5-4-6-8-16/h4-10,12,14H,11,13H2,1-3H3. The molecule has 0 aliphatic carbocycles. The molecule has 0 N–H and O–H groups in total. The smallest absolute Gasteiger partial charge is 0.276 e. The highest BCUT2D eigenvalue weighted by molar-refractivity contribution is 5.92. The van der Waals surface area contributed by atoms with Crippen molar-refractivity contribution in [1.82, 2.24) is 19.8 Å². The summed E-state index contributed by atoms with van der Waals surface area (Å²) in [6, 6.07) is 11.3. The second-order valence-electron chi connectivity index (χ2n) is 6.36. The zero-order valence-electron chi connectivity index (χ0n) is 15.1. The Morgan fingerprint density at radius 2 is 2.08 bits per heavy atom. The van der Waals surface area contributed by atoms with Crippen LogP contribution in [0.25, 0.3) is 0 Å². The first-order chi connectivity index (χ1) is 12.5. The Hall–Kier alpha value is -3.09. The summed E-state index contributed by atoms with van der Waals surface area (Å²) in [5.74, 6) is 1.02. The number of carbonyl (C=O) groups is 1. The van der Waals surface area contributed by atoms with Crippen LogP contribution in [0.3, 0.4) is 0 Å². The monoisotopic (exact) mass is 354 g/mol. The fourth-order valence-corrected chi connectivity index (χ4v) is 2.44. The second kappa shape index (κ2) is 7.86. The summed E-state index contributed by atoms with van der Waals surface area (Å²) < 4.78 is 12.7. The molecule has 136 valence electrons. The molecule has 0 spiro atoms. The van der Waals surface area contributed by atoms with Gasteiger partial charge in [-0.25, -0.2) is 0 Å². The Labute approximate surface area is 152 Å². The molecule has 3 aromatic rings. The van der Waals surface area contributed by atoms with Crippen molar-refractivity contribution in [3.05, 3.63) is 65.8 Å². The molecular weight excluding hydrogens is 332 g/mol. The number of aromatic nitrogens is 3. The van der Waals surface area contributed by atoms with E-state index in [0.717, 1.165) is 11.3 Å². The van der Waals surface area contributed by atoms with Gasteiger partial charge < -0.3 is 14.2 Å². The van der Waals surface area contributed by atoms with E-state index in [9.17, 15) is 4.79 Å². The van der Waals surface area contributed by atoms with Crippen molar-refractivity contribution in [3.63, 3.8) is 0 Å². The largest absolute Gasteiger partial charge is 0.486 e. The van der Waals surface area contributed by atoms with E-state index in [-0.39, 0.29) is 24.2 Å². The van der Waals surface area contributed by atoms with Crippen LogP contribution in [0.2, 0.25) is 0 Å². The lowest BCUT2D eigenvalue weighted by atomic mass is 10.3. The number of nitrogens with zero attached hydrogens (tertiary/aromatic N) is 4. The SMILES string of the molecule is CC(C)n1cc(CN(C)C(=O)c2cc(COc3ccccc3)on2)cn1. The molecule has 2 heterocycles. The van der Waals surface area contributed by atoms with Crippen LogP contribution in [0.5, 0.6) is 5.75 Å². The summed E-state index contributed by atoms with van der Waals surface area (Å²) >= 11 is 0. The molecule has 1 aromatic carbocycles. The molecular formula is C19H22N4O3. The number of rotatable bonds is 7. The van der Waals surface area contributed by atoms with Crippen LogP contribution in [-0.2, 0) is 13.2 Å². The lowest BCUT2D eigenvalue weighted by Crippen LogP contribution is -2.26. The Morgan fingerprint density at radius 3 is 2.77 bits per heavy atom. The molecule has 0 atom stereocenters. The van der Waals surface area contributed by atoms with Gasteiger partial charge in [0.15, 0.2) is 11.5 Å². The first-order valence-electron chi connectivity index (χ1n) is 8.45. The predicted molar refractivity (Wildman–Crippen MR) is 95.7 cm³/mol. The van der Waals surface area contributed by atoms with Crippen molar-refractivity contribution in [2.24, 2.45) is 0 Å². The summed E-state index contributed by atoms with van der Waals surface area (Å²) in [6.45, 7) is 4.78. The van der Waals surface area contributed by atoms with E-state index in [2.05, 4.69) is 24.1 Å². The van der Waals surface area contributed by atoms with Crippen LogP contribution in [0, 0.1) is 0 Å². The Morgan fingerprint density at radius 1 is 1.31 bits per heavy atom. The maximum atomic E-state index is 12.5. The number of hydrogen-bond donors (Lipinski definition) is 0. The lowest BCUT2D eigenvalue weighted by molar-refractivity contribution is 0.0774. The number of hydrogen-bond acceptors (Lipinski definition) is 5. The summed E-state index contributed by atoms with van der Waals surface area (Å²) in [6.07, 6.45) is 3.71. The van der Waals surface area contributed by atoms with E-state index in [0.29, 0.717) is 12.3 Å². The van der Waals surface area contributed by atoms with Gasteiger partial charge >= 0.3 is 0 Å². The molecule has 0 aliphatic rings. The Balaban J connectivity index is 1.57. The molecule has 0 bridgehead atoms. The minimum absolute atomic E-state index is 0.211. The molecule has 26 heavy (non-hydrogen) atoms. The summed E-state index contributed by atoms with van der Waals surface area (Å²) in [4.78, 5) is 14.1. The van der Waals surface area contributed by atoms with Crippen molar-refractivity contribution >= 4 is 5.91 Å². The third-order valence-corrected chi connectivity index (χ3v) is 3.85. The molecule has 2 aromatic heterocycles. The Kier molecular flexibility index (Phi) is 5.36. The van der Waals surface area contributed by atoms with Crippen LogP contribution in [-0.4, -0.2) is 32.8 Å². The van der Waals surface area contributed by atoms with Crippen molar-refractivity contribution in [3.8, 4) is 5.75 Å². The van der Waals surface area contributed by atoms with Gasteiger partial charge in [0.25, 0.3) is 5.91 Å². The molecule has 0 fully saturated rings. The molecule has 0 saturated heterocycles. The molecule has 0 radical (unpaired) electrons. The van der Waals surface area contributed by atoms with E-state index >= 15 is 0 Å². The van der Waals surface area contributed by atoms with E-state index in [1.54, 1.807) is 24.2 Å². The zero-order chi connectivity index (χ0) is 18.5. The van der Waals surface area contributed by atoms with E-state index in [1.807, 2.05) is 41.2 Å². The minimum Gasteiger partial charge on any atom is -0.486 e. The minimum atomic E-state index is -0.211. The van der Waals surface area contributed by atoms with Gasteiger partial charge in [-0.1, -0.05) is 23.4 Å². The van der Waals surface area contributed by atoms with Gasteiger partial charge in [-0.05, 0) is 26.0 Å². The van der Waals surface area contributed by atoms with Crippen molar-refractivity contribution in [2.45, 2.75) is 33.0 Å². The van der Waals surface area contributed by atoms with Gasteiger partial charge in [0.2, 0.25) is 0 Å². The number of benzene rings is 1. The van der Waals surface area contributed by atoms with E-state index in [4.69, 9.17) is 9.26 Å². The average Bonchev–Trinajstić information content (AvgIpc) is 3.30. The molecule has 0 aliphatic heterocycles. The zero-order valence-corrected chi connectivity index (χ0v) is 15.1. The van der Waals surface area contributed by atoms with Crippen molar-refractivity contribution in [1.29, 1.82) is 0 Å². The maximum Gasteiger partial charge on any atom is 0.276 e. The Bertz CT molecular complexity index is 855. The normalized spacial score (nSPS) is 10.9. The van der Waals surface area contributed by atoms with Crippen molar-refractivity contribution < 1.29 is 14.1 Å². The number of carbonyl (C=O) groups excluding carboxylic acids is 1. The van der Waals surface area contributed by atoms with Gasteiger partial charge in [-0.3, -0.25) is 9.48 Å². The maximum absolute atomic E-state index is 12.5. The third kappa shape index (κ3) is 4.30. The summed E-state index contributed by atoms with van der Waals surface area (Å²) in [7, 11) is 1.73. The molecule has 0 unspecified atom stereocenters. The molecule has 7 nitrogen and oxygen atoms in total. The topological polar surface area (TPSA) is 73.4 Å². The molecule has 1 amide bonds. The second-order valence-corrected chi connectivity index (χ2v) is 6.36. The van der Waals surface area contributed by atoms with Gasteiger partial charge in [-0.15, -0.1) is 0 Å². The summed E-state index contributed by atoms with van der Waals surface area (Å²) in [5, 5.41) is 8.14. The number of para-hydroxylation sites is 1. The average molecular weight is 354 g/mol. The van der Waals surface area contributed by atoms with Crippen LogP contribution < -0.4 is 4.74 Å².